The van der Waals surface area contributed by atoms with E-state index < -0.39 is 70.6 Å². The number of halogens is 8. The minimum atomic E-state index is -3.55. The Morgan fingerprint density at radius 1 is 0.379 bits per heavy atom. The summed E-state index contributed by atoms with van der Waals surface area (Å²) in [5.74, 6) is -5.30. The number of rotatable bonds is 22. The van der Waals surface area contributed by atoms with E-state index in [2.05, 4.69) is 16.7 Å². The van der Waals surface area contributed by atoms with Crippen LogP contribution in [-0.4, -0.2) is 142 Å². The number of ether oxygens (including phenoxy) is 6. The van der Waals surface area contributed by atoms with Crippen LogP contribution in [-0.2, 0) is 71.3 Å². The van der Waals surface area contributed by atoms with Crippen LogP contribution in [0.3, 0.4) is 0 Å². The maximum Gasteiger partial charge on any atom is 0.323 e. The number of carbonyl (C=O) groups is 5. The van der Waals surface area contributed by atoms with E-state index in [0.717, 1.165) is 29.5 Å². The van der Waals surface area contributed by atoms with Crippen LogP contribution >= 0.6 is 69.6 Å². The maximum absolute atomic E-state index is 14.4. The molecule has 39 heteroatoms. The third-order valence-electron chi connectivity index (χ3n) is 22.8. The molecule has 0 aliphatic carbocycles. The Morgan fingerprint density at radius 3 is 0.986 bits per heavy atom. The molecular formula is C101H81Cl6F2N7O23S. The number of anilines is 4. The second-order valence-electron chi connectivity index (χ2n) is 32.0. The SMILES string of the molecule is COc1c(Cl)ccc2c(=O)c3cc(F)c(C(C)C)cc3n(CC(=O)O)c12.COc1c(Cl)ccc2c(=O)c3ccc(C4=CCCOC4)cc3n(CC(=O)O)c12.COc1c(Cl)ccc2c(=O)c3ccc(Nc4ccc(Cl)cc4)cc3n(CC(=O)O)c12.COc1c(Cl)ccc2c(=O)c3ccc(Nc4ccc(F)cc4)cc3n(CC(=O)O)c12.COc1c(Cl)ccc2c(=O)c3ccc(S(C)(=O)=O)cc3n(CC(=O)O)c12. The summed E-state index contributed by atoms with van der Waals surface area (Å²) < 4.78 is 91.1. The lowest BCUT2D eigenvalue weighted by Crippen LogP contribution is -2.17. The zero-order valence-corrected chi connectivity index (χ0v) is 80.4. The monoisotopic (exact) mass is 2040 g/mol. The Bertz CT molecular complexity index is 8300. The van der Waals surface area contributed by atoms with Gasteiger partial charge in [0.15, 0.2) is 65.7 Å². The Morgan fingerprint density at radius 2 is 0.671 bits per heavy atom. The summed E-state index contributed by atoms with van der Waals surface area (Å²) in [5, 5.41) is 58.5. The topological polar surface area (TPSA) is 410 Å². The summed E-state index contributed by atoms with van der Waals surface area (Å²) in [7, 11) is 3.48. The summed E-state index contributed by atoms with van der Waals surface area (Å²) in [6, 6.07) is 50.7. The first-order chi connectivity index (χ1) is 66.7. The van der Waals surface area contributed by atoms with Crippen LogP contribution < -0.4 is 61.5 Å². The minimum Gasteiger partial charge on any atom is -0.493 e. The number of pyridine rings is 5. The summed E-state index contributed by atoms with van der Waals surface area (Å²) in [6.45, 7) is 2.79. The first-order valence-electron chi connectivity index (χ1n) is 42.1. The fourth-order valence-corrected chi connectivity index (χ4v) is 18.6. The van der Waals surface area contributed by atoms with E-state index in [1.54, 1.807) is 108 Å². The van der Waals surface area contributed by atoms with Crippen molar-refractivity contribution in [3.8, 4) is 28.7 Å². The zero-order chi connectivity index (χ0) is 101. The second-order valence-corrected chi connectivity index (χ2v) is 36.4. The summed E-state index contributed by atoms with van der Waals surface area (Å²) >= 11 is 37.0. The van der Waals surface area contributed by atoms with E-state index >= 15 is 0 Å². The number of benzene rings is 12. The molecule has 0 saturated carbocycles. The molecule has 12 aromatic carbocycles. The number of nitrogens with one attached hydrogen (secondary N) is 2. The third-order valence-corrected chi connectivity index (χ3v) is 25.7. The maximum atomic E-state index is 14.4. The normalized spacial score (nSPS) is 11.9. The predicted octanol–water partition coefficient (Wildman–Crippen LogP) is 20.3. The molecule has 0 unspecified atom stereocenters. The highest BCUT2D eigenvalue weighted by Gasteiger charge is 2.28. The van der Waals surface area contributed by atoms with Gasteiger partial charge in [0.25, 0.3) is 0 Å². The van der Waals surface area contributed by atoms with E-state index in [1.807, 2.05) is 38.1 Å². The quantitative estimate of drug-likeness (QED) is 0.0310. The molecule has 0 saturated heterocycles. The molecule has 30 nitrogen and oxygen atoms in total. The van der Waals surface area contributed by atoms with Crippen molar-refractivity contribution in [3.63, 3.8) is 0 Å². The van der Waals surface area contributed by atoms with E-state index in [9.17, 15) is 90.7 Å². The van der Waals surface area contributed by atoms with Gasteiger partial charge in [-0.1, -0.05) is 95.6 Å². The van der Waals surface area contributed by atoms with Crippen molar-refractivity contribution in [2.24, 2.45) is 0 Å². The molecule has 17 aromatic rings. The fraction of sp³-hybridized carbons (Fsp3) is 0.168. The van der Waals surface area contributed by atoms with Gasteiger partial charge in [0.05, 0.1) is 161 Å². The number of aliphatic carboxylic acids is 5. The number of carboxylic acids is 5. The van der Waals surface area contributed by atoms with Crippen LogP contribution in [0.4, 0.5) is 31.5 Å². The van der Waals surface area contributed by atoms with Gasteiger partial charge in [-0.25, -0.2) is 17.2 Å². The van der Waals surface area contributed by atoms with Crippen molar-refractivity contribution in [2.75, 3.05) is 65.7 Å². The first-order valence-corrected chi connectivity index (χ1v) is 46.3. The minimum absolute atomic E-state index is 0.0242. The largest absolute Gasteiger partial charge is 0.493 e. The average Bonchev–Trinajstić information content (AvgIpc) is 0.759. The van der Waals surface area contributed by atoms with Crippen LogP contribution in [0, 0.1) is 11.6 Å². The molecule has 6 heterocycles. The van der Waals surface area contributed by atoms with Crippen LogP contribution in [0.1, 0.15) is 37.3 Å². The van der Waals surface area contributed by atoms with Crippen molar-refractivity contribution in [2.45, 2.75) is 63.8 Å². The molecule has 0 atom stereocenters. The summed E-state index contributed by atoms with van der Waals surface area (Å²) in [6.07, 6.45) is 3.95. The van der Waals surface area contributed by atoms with E-state index in [-0.39, 0.29) is 133 Å². The van der Waals surface area contributed by atoms with E-state index in [4.69, 9.17) is 98.0 Å². The van der Waals surface area contributed by atoms with E-state index in [0.29, 0.717) is 122 Å². The molecule has 0 radical (unpaired) electrons. The molecule has 1 aliphatic heterocycles. The number of fused-ring (bicyclic) bond motifs is 10. The molecular weight excluding hydrogens is 1960 g/mol. The highest BCUT2D eigenvalue weighted by molar-refractivity contribution is 7.90. The number of hydrogen-bond donors (Lipinski definition) is 7. The van der Waals surface area contributed by atoms with Gasteiger partial charge in [0.2, 0.25) is 0 Å². The van der Waals surface area contributed by atoms with Crippen molar-refractivity contribution >= 4 is 247 Å². The molecule has 1 aliphatic rings. The Kier molecular flexibility index (Phi) is 30.5. The standard InChI is InChI=1S/C22H16Cl2N2O4.C22H16ClFN2O4.C21H18ClNO5.C19H17ClFNO4.C17H14ClNO6S/c1-30-22-17(24)9-8-16-20(22)26(11-19(27)28)18-10-14(6-7-15(18)21(16)29)25-13-4-2-12(23)3-5-13;1-30-22-17(23)9-8-16-20(22)26(11-19(27)28)18-10-14(6-7-15(18)21(16)29)25-13-4-2-12(24)3-5-13;1-27-21-16(22)7-6-15-19(21)23(10-18(24)25)17-9-12(4-5-14(17)20(15)26)13-3-2-8-28-11-13;1-9(2)11-7-15-12(6-14(11)21)18(25)10-4-5-13(20)19(26-3)17(10)22(15)8-16(23)24;1-25-17-12(18)6-5-11-15(17)19(8-14(20)21)13-7-9(26(2,23)24)3-4-10(13)16(11)22/h2*2-10,25H,11H2,1H3,(H,27,28);3-7,9H,2,8,10-11H2,1H3,(H,24,25);4-7,9H,8H2,1-3H3,(H,23,24);3-7H,8H2,1-2H3,(H,20,21). The highest BCUT2D eigenvalue weighted by atomic mass is 35.5. The lowest BCUT2D eigenvalue weighted by molar-refractivity contribution is -0.138. The zero-order valence-electron chi connectivity index (χ0n) is 75.0. The molecule has 0 bridgehead atoms. The number of carboxylic acid groups (broad SMARTS) is 5. The van der Waals surface area contributed by atoms with Crippen LogP contribution in [0.2, 0.25) is 30.1 Å². The van der Waals surface area contributed by atoms with Crippen molar-refractivity contribution < 1.29 is 95.1 Å². The van der Waals surface area contributed by atoms with Gasteiger partial charge >= 0.3 is 29.8 Å². The number of methoxy groups -OCH3 is 5. The molecule has 7 N–H and O–H groups in total. The Balaban J connectivity index is 0.000000140. The van der Waals surface area contributed by atoms with E-state index in [1.165, 1.54) is 121 Å². The van der Waals surface area contributed by atoms with Gasteiger partial charge in [-0.15, -0.1) is 0 Å². The summed E-state index contributed by atoms with van der Waals surface area (Å²) in [5.41, 5.74) is 6.97. The number of hydrogen-bond acceptors (Lipinski definition) is 20. The molecule has 5 aromatic heterocycles. The molecule has 720 valence electrons. The fourth-order valence-electron chi connectivity index (χ4n) is 16.7. The van der Waals surface area contributed by atoms with Gasteiger partial charge in [-0.3, -0.25) is 47.9 Å². The van der Waals surface area contributed by atoms with Gasteiger partial charge in [0.1, 0.15) is 44.4 Å². The van der Waals surface area contributed by atoms with Crippen LogP contribution in [0.25, 0.3) is 115 Å². The highest BCUT2D eigenvalue weighted by Crippen LogP contribution is 2.42. The van der Waals surface area contributed by atoms with Crippen molar-refractivity contribution in [1.29, 1.82) is 0 Å². The molecule has 0 amide bonds. The number of nitrogens with zero attached hydrogens (tertiary/aromatic N) is 5. The van der Waals surface area contributed by atoms with Crippen LogP contribution in [0.5, 0.6) is 28.7 Å². The molecule has 140 heavy (non-hydrogen) atoms. The predicted molar refractivity (Wildman–Crippen MR) is 540 cm³/mol. The first kappa shape index (κ1) is 101. The number of aromatic nitrogens is 5. The lowest BCUT2D eigenvalue weighted by atomic mass is 9.99. The van der Waals surface area contributed by atoms with Gasteiger partial charge in [-0.05, 0) is 217 Å². The molecule has 0 fully saturated rings. The molecule has 0 spiro atoms. The second kappa shape index (κ2) is 42.3. The Hall–Kier alpha value is -14.8. The van der Waals surface area contributed by atoms with Crippen LogP contribution in [0.15, 0.2) is 229 Å². The van der Waals surface area contributed by atoms with Crippen molar-refractivity contribution in [3.05, 3.63) is 304 Å². The number of sulfone groups is 1. The lowest BCUT2D eigenvalue weighted by Gasteiger charge is -2.19. The molecule has 18 rings (SSSR count). The van der Waals surface area contributed by atoms with Crippen molar-refractivity contribution in [1.82, 2.24) is 22.8 Å². The third kappa shape index (κ3) is 20.7. The average molecular weight is 2040 g/mol. The Labute approximate surface area is 821 Å². The smallest absolute Gasteiger partial charge is 0.323 e. The van der Waals surface area contributed by atoms with Gasteiger partial charge < -0.3 is 87.4 Å². The van der Waals surface area contributed by atoms with Gasteiger partial charge in [-0.2, -0.15) is 0 Å². The van der Waals surface area contributed by atoms with Gasteiger partial charge in [0, 0.05) is 61.0 Å². The summed E-state index contributed by atoms with van der Waals surface area (Å²) in [4.78, 5) is 123.